The summed E-state index contributed by atoms with van der Waals surface area (Å²) in [5.41, 5.74) is 3.32. The number of alkyl halides is 3. The number of benzene rings is 2. The number of pyridine rings is 1. The first kappa shape index (κ1) is 27.4. The number of amides is 3. The Balaban J connectivity index is 1.73. The zero-order chi connectivity index (χ0) is 27.3. The van der Waals surface area contributed by atoms with E-state index in [4.69, 9.17) is 0 Å². The summed E-state index contributed by atoms with van der Waals surface area (Å²) < 4.78 is 54.1. The minimum absolute atomic E-state index is 0.0440. The van der Waals surface area contributed by atoms with Crippen molar-refractivity contribution >= 4 is 11.9 Å². The number of carbonyl (C=O) groups is 2. The van der Waals surface area contributed by atoms with E-state index in [1.807, 2.05) is 31.2 Å². The number of rotatable bonds is 6. The lowest BCUT2D eigenvalue weighted by molar-refractivity contribution is -0.905. The van der Waals surface area contributed by atoms with E-state index in [1.54, 1.807) is 19.1 Å². The van der Waals surface area contributed by atoms with Crippen molar-refractivity contribution < 1.29 is 37.1 Å². The highest BCUT2D eigenvalue weighted by molar-refractivity contribution is 5.95. The summed E-state index contributed by atoms with van der Waals surface area (Å²) >= 11 is 0. The molecule has 1 unspecified atom stereocenters. The molecule has 0 fully saturated rings. The predicted molar refractivity (Wildman–Crippen MR) is 127 cm³/mol. The number of aromatic nitrogens is 1. The second kappa shape index (κ2) is 11.3. The first-order valence-corrected chi connectivity index (χ1v) is 11.5. The average molecular weight is 520 g/mol. The Labute approximate surface area is 211 Å². The number of nitrogens with zero attached hydrogens (tertiary/aromatic N) is 2. The Kier molecular flexibility index (Phi) is 8.36. The summed E-state index contributed by atoms with van der Waals surface area (Å²) in [4.78, 5) is 25.2. The largest absolute Gasteiger partial charge is 0.422 e. The van der Waals surface area contributed by atoms with Gasteiger partial charge in [0, 0.05) is 16.8 Å². The lowest BCUT2D eigenvalue weighted by Crippen LogP contribution is -2.51. The van der Waals surface area contributed by atoms with Crippen LogP contribution in [0.1, 0.15) is 53.9 Å². The number of carbonyl (C=O) groups excluding carboxylic acids is 2. The van der Waals surface area contributed by atoms with E-state index in [2.05, 4.69) is 10.7 Å². The lowest BCUT2D eigenvalue weighted by atomic mass is 9.96. The zero-order valence-corrected chi connectivity index (χ0v) is 20.4. The molecule has 1 atom stereocenters. The van der Waals surface area contributed by atoms with Crippen LogP contribution in [0.3, 0.4) is 0 Å². The maximum Gasteiger partial charge on any atom is 0.422 e. The molecular weight excluding hydrogens is 492 g/mol. The van der Waals surface area contributed by atoms with Gasteiger partial charge in [0.25, 0.3) is 5.91 Å². The van der Waals surface area contributed by atoms with E-state index in [-0.39, 0.29) is 16.8 Å². The molecule has 0 saturated carbocycles. The van der Waals surface area contributed by atoms with Gasteiger partial charge in [-0.15, -0.1) is 0 Å². The number of hydrogen-bond acceptors (Lipinski definition) is 3. The third kappa shape index (κ3) is 6.54. The van der Waals surface area contributed by atoms with E-state index >= 15 is 4.39 Å². The van der Waals surface area contributed by atoms with Crippen LogP contribution in [0.25, 0.3) is 11.1 Å². The maximum absolute atomic E-state index is 15.0. The first-order chi connectivity index (χ1) is 17.4. The topological polar surface area (TPSA) is 85.6 Å². The van der Waals surface area contributed by atoms with Crippen molar-refractivity contribution in [2.45, 2.75) is 39.4 Å². The molecule has 0 aliphatic rings. The molecule has 2 aromatic carbocycles. The molecule has 3 aromatic rings. The van der Waals surface area contributed by atoms with E-state index in [0.717, 1.165) is 28.8 Å². The second-order valence-electron chi connectivity index (χ2n) is 8.29. The van der Waals surface area contributed by atoms with E-state index < -0.39 is 41.1 Å². The summed E-state index contributed by atoms with van der Waals surface area (Å²) in [6.45, 7) is 5.06. The Morgan fingerprint density at radius 3 is 2.41 bits per heavy atom. The van der Waals surface area contributed by atoms with Gasteiger partial charge in [0.1, 0.15) is 16.9 Å². The smallest absolute Gasteiger partial charge is 0.330 e. The summed E-state index contributed by atoms with van der Waals surface area (Å²) in [5.74, 6) is -1.58. The summed E-state index contributed by atoms with van der Waals surface area (Å²) in [6.07, 6.45) is -2.84. The van der Waals surface area contributed by atoms with Gasteiger partial charge in [0.15, 0.2) is 0 Å². The van der Waals surface area contributed by atoms with Crippen LogP contribution in [0.4, 0.5) is 22.4 Å². The highest BCUT2D eigenvalue weighted by Gasteiger charge is 2.35. The fourth-order valence-electron chi connectivity index (χ4n) is 3.80. The second-order valence-corrected chi connectivity index (χ2v) is 8.29. The maximum atomic E-state index is 15.0. The molecule has 3 amide bonds. The number of hydrogen-bond donors (Lipinski definition) is 3. The van der Waals surface area contributed by atoms with Crippen molar-refractivity contribution in [2.75, 3.05) is 6.54 Å². The Morgan fingerprint density at radius 1 is 1.08 bits per heavy atom. The third-order valence-electron chi connectivity index (χ3n) is 5.76. The fourth-order valence-corrected chi connectivity index (χ4v) is 3.80. The molecule has 11 heteroatoms. The number of nitrogens with one attached hydrogen (secondary N) is 2. The monoisotopic (exact) mass is 519 g/mol. The van der Waals surface area contributed by atoms with Gasteiger partial charge in [-0.3, -0.25) is 15.4 Å². The first-order valence-electron chi connectivity index (χ1n) is 11.5. The predicted octanol–water partition coefficient (Wildman–Crippen LogP) is 5.04. The number of halogens is 4. The molecule has 0 bridgehead atoms. The van der Waals surface area contributed by atoms with Crippen LogP contribution in [0.15, 0.2) is 60.9 Å². The highest BCUT2D eigenvalue weighted by Crippen LogP contribution is 2.29. The molecule has 196 valence electrons. The van der Waals surface area contributed by atoms with Gasteiger partial charge >= 0.3 is 12.2 Å². The fraction of sp³-hybridized carbons (Fsp3) is 0.269. The zero-order valence-electron chi connectivity index (χ0n) is 20.4. The molecule has 0 aliphatic carbocycles. The van der Waals surface area contributed by atoms with Crippen LogP contribution in [-0.4, -0.2) is 28.7 Å². The minimum Gasteiger partial charge on any atom is -0.330 e. The van der Waals surface area contributed by atoms with E-state index in [9.17, 15) is 28.0 Å². The van der Waals surface area contributed by atoms with Crippen molar-refractivity contribution in [3.8, 4) is 11.1 Å². The van der Waals surface area contributed by atoms with Gasteiger partial charge in [-0.2, -0.15) is 13.2 Å². The molecule has 7 nitrogen and oxygen atoms in total. The molecule has 1 aromatic heterocycles. The molecule has 3 N–H and O–H groups in total. The molecule has 0 saturated heterocycles. The van der Waals surface area contributed by atoms with Crippen LogP contribution in [0.2, 0.25) is 0 Å². The number of urea groups is 1. The van der Waals surface area contributed by atoms with Gasteiger partial charge in [-0.1, -0.05) is 43.3 Å². The van der Waals surface area contributed by atoms with Crippen molar-refractivity contribution in [3.63, 3.8) is 0 Å². The third-order valence-corrected chi connectivity index (χ3v) is 5.76. The normalized spacial score (nSPS) is 12.1. The van der Waals surface area contributed by atoms with Crippen molar-refractivity contribution in [3.05, 3.63) is 89.0 Å². The lowest BCUT2D eigenvalue weighted by Gasteiger charge is -2.24. The average Bonchev–Trinajstić information content (AvgIpc) is 2.85. The summed E-state index contributed by atoms with van der Waals surface area (Å²) in [6, 6.07) is 11.3. The molecule has 1 heterocycles. The SMILES string of the molecule is CCc1ccccc1-c1ccc(C(C)NC(=O)N(CC)NC(=O)c2cc(C(F)(F)F)c[n+](O)c2)c(F)c1. The molecular formula is C26H27F4N4O3+. The standard InChI is InChI=1S/C26H26F4N4O3/c1-4-17-8-6-7-9-22(17)18-10-11-21(23(27)13-18)16(3)31-25(36)34(5-2)32-24(35)19-12-20(26(28,29)30)15-33(37)14-19/h6-16H,4-5H2,1-3H3,(H2-,31,32,35,36,37)/p+1. The van der Waals surface area contributed by atoms with Crippen molar-refractivity contribution in [1.82, 2.24) is 15.8 Å². The summed E-state index contributed by atoms with van der Waals surface area (Å²) in [5, 5.41) is 12.9. The highest BCUT2D eigenvalue weighted by atomic mass is 19.4. The molecule has 0 radical (unpaired) electrons. The van der Waals surface area contributed by atoms with Gasteiger partial charge in [-0.05, 0) is 49.1 Å². The Bertz CT molecular complexity index is 1300. The molecule has 0 aliphatic heterocycles. The van der Waals surface area contributed by atoms with Crippen LogP contribution in [0.5, 0.6) is 0 Å². The van der Waals surface area contributed by atoms with Crippen LogP contribution < -0.4 is 15.5 Å². The molecule has 3 rings (SSSR count). The number of aryl methyl sites for hydroxylation is 1. The summed E-state index contributed by atoms with van der Waals surface area (Å²) in [7, 11) is 0. The van der Waals surface area contributed by atoms with Crippen LogP contribution >= 0.6 is 0 Å². The minimum atomic E-state index is -4.80. The van der Waals surface area contributed by atoms with Crippen LogP contribution in [-0.2, 0) is 12.6 Å². The van der Waals surface area contributed by atoms with Crippen molar-refractivity contribution in [1.29, 1.82) is 0 Å². The Morgan fingerprint density at radius 2 is 1.78 bits per heavy atom. The van der Waals surface area contributed by atoms with Gasteiger partial charge < -0.3 is 5.32 Å². The number of hydrazine groups is 1. The van der Waals surface area contributed by atoms with Gasteiger partial charge in [0.2, 0.25) is 12.4 Å². The van der Waals surface area contributed by atoms with Gasteiger partial charge in [0.05, 0.1) is 6.04 Å². The van der Waals surface area contributed by atoms with E-state index in [1.165, 1.54) is 13.0 Å². The quantitative estimate of drug-likeness (QED) is 0.185. The van der Waals surface area contributed by atoms with Crippen molar-refractivity contribution in [2.24, 2.45) is 0 Å². The van der Waals surface area contributed by atoms with Crippen LogP contribution in [0, 0.1) is 5.82 Å². The molecule has 37 heavy (non-hydrogen) atoms. The van der Waals surface area contributed by atoms with Gasteiger partial charge in [-0.25, -0.2) is 14.2 Å². The Hall–Kier alpha value is -4.15. The molecule has 0 spiro atoms. The van der Waals surface area contributed by atoms with E-state index in [0.29, 0.717) is 17.8 Å².